The van der Waals surface area contributed by atoms with Gasteiger partial charge in [0.15, 0.2) is 0 Å². The van der Waals surface area contributed by atoms with Crippen LogP contribution in [0.25, 0.3) is 0 Å². The van der Waals surface area contributed by atoms with Gasteiger partial charge in [0.05, 0.1) is 25.6 Å². The number of rotatable bonds is 10. The lowest BCUT2D eigenvalue weighted by Crippen LogP contribution is -2.33. The zero-order valence-electron chi connectivity index (χ0n) is 10.4. The summed E-state index contributed by atoms with van der Waals surface area (Å²) in [4.78, 5) is 0. The molecule has 1 N–H and O–H groups in total. The molecule has 0 aromatic heterocycles. The van der Waals surface area contributed by atoms with Crippen LogP contribution in [-0.4, -0.2) is 59.4 Å². The number of ether oxygens (including phenoxy) is 2. The van der Waals surface area contributed by atoms with E-state index >= 15 is 0 Å². The van der Waals surface area contributed by atoms with Crippen LogP contribution < -0.4 is 5.32 Å². The smallest absolute Gasteiger partial charge is 0.149 e. The van der Waals surface area contributed by atoms with Crippen molar-refractivity contribution in [2.75, 3.05) is 45.0 Å². The summed E-state index contributed by atoms with van der Waals surface area (Å²) in [5.41, 5.74) is 0. The molecule has 6 heteroatoms. The summed E-state index contributed by atoms with van der Waals surface area (Å²) in [6.07, 6.45) is 1.21. The van der Waals surface area contributed by atoms with Gasteiger partial charge in [0.2, 0.25) is 0 Å². The van der Waals surface area contributed by atoms with Gasteiger partial charge in [0.25, 0.3) is 0 Å². The van der Waals surface area contributed by atoms with Crippen LogP contribution in [-0.2, 0) is 19.3 Å². The van der Waals surface area contributed by atoms with Gasteiger partial charge in [-0.05, 0) is 13.8 Å². The van der Waals surface area contributed by atoms with E-state index in [0.29, 0.717) is 25.8 Å². The normalized spacial score (nSPS) is 13.9. The van der Waals surface area contributed by atoms with Crippen molar-refractivity contribution in [3.05, 3.63) is 0 Å². The topological polar surface area (TPSA) is 64.6 Å². The number of hydrogen-bond donors (Lipinski definition) is 1. The summed E-state index contributed by atoms with van der Waals surface area (Å²) in [6, 6.07) is 0.290. The molecule has 16 heavy (non-hydrogen) atoms. The van der Waals surface area contributed by atoms with Gasteiger partial charge in [-0.25, -0.2) is 8.42 Å². The van der Waals surface area contributed by atoms with Gasteiger partial charge in [-0.1, -0.05) is 0 Å². The van der Waals surface area contributed by atoms with Crippen LogP contribution in [0.15, 0.2) is 0 Å². The second-order valence-electron chi connectivity index (χ2n) is 3.76. The molecule has 0 radical (unpaired) electrons. The first-order valence-electron chi connectivity index (χ1n) is 5.52. The molecule has 0 saturated carbocycles. The number of hydrogen-bond acceptors (Lipinski definition) is 5. The molecule has 0 aromatic rings. The highest BCUT2D eigenvalue weighted by atomic mass is 32.2. The fourth-order valence-corrected chi connectivity index (χ4v) is 1.46. The highest BCUT2D eigenvalue weighted by Gasteiger charge is 2.02. The summed E-state index contributed by atoms with van der Waals surface area (Å²) < 4.78 is 32.0. The first kappa shape index (κ1) is 15.8. The molecule has 0 heterocycles. The van der Waals surface area contributed by atoms with Gasteiger partial charge in [-0.3, -0.25) is 0 Å². The Balaban J connectivity index is 3.27. The second kappa shape index (κ2) is 8.92. The average molecular weight is 253 g/mol. The van der Waals surface area contributed by atoms with Crippen LogP contribution in [0.2, 0.25) is 0 Å². The molecular formula is C10H23NO4S. The quantitative estimate of drug-likeness (QED) is 0.558. The highest BCUT2D eigenvalue weighted by molar-refractivity contribution is 7.90. The minimum absolute atomic E-state index is 0.0848. The number of nitrogens with one attached hydrogen (secondary N) is 1. The summed E-state index contributed by atoms with van der Waals surface area (Å²) in [6.45, 7) is 6.88. The number of sulfone groups is 1. The van der Waals surface area contributed by atoms with Gasteiger partial charge in [0, 0.05) is 25.4 Å². The largest absolute Gasteiger partial charge is 0.380 e. The molecular weight excluding hydrogens is 230 g/mol. The van der Waals surface area contributed by atoms with Crippen LogP contribution in [0.3, 0.4) is 0 Å². The molecule has 5 nitrogen and oxygen atoms in total. The molecule has 0 amide bonds. The minimum atomic E-state index is -2.91. The minimum Gasteiger partial charge on any atom is -0.380 e. The summed E-state index contributed by atoms with van der Waals surface area (Å²) in [5, 5.41) is 3.22. The van der Waals surface area contributed by atoms with Gasteiger partial charge in [0.1, 0.15) is 9.84 Å². The maximum Gasteiger partial charge on any atom is 0.149 e. The Morgan fingerprint density at radius 2 is 1.94 bits per heavy atom. The molecule has 1 unspecified atom stereocenters. The van der Waals surface area contributed by atoms with E-state index in [2.05, 4.69) is 5.32 Å². The molecule has 0 spiro atoms. The predicted molar refractivity (Wildman–Crippen MR) is 64.5 cm³/mol. The first-order valence-corrected chi connectivity index (χ1v) is 7.58. The lowest BCUT2D eigenvalue weighted by Gasteiger charge is -2.13. The van der Waals surface area contributed by atoms with Crippen LogP contribution in [0, 0.1) is 0 Å². The van der Waals surface area contributed by atoms with Crippen LogP contribution in [0.1, 0.15) is 13.8 Å². The van der Waals surface area contributed by atoms with E-state index in [1.54, 1.807) is 0 Å². The van der Waals surface area contributed by atoms with Crippen molar-refractivity contribution in [3.63, 3.8) is 0 Å². The molecule has 0 aliphatic rings. The Bertz CT molecular complexity index is 254. The van der Waals surface area contributed by atoms with E-state index < -0.39 is 9.84 Å². The van der Waals surface area contributed by atoms with Crippen molar-refractivity contribution in [1.29, 1.82) is 0 Å². The lowest BCUT2D eigenvalue weighted by atomic mass is 10.3. The van der Waals surface area contributed by atoms with Gasteiger partial charge in [-0.2, -0.15) is 0 Å². The standard InChI is InChI=1S/C10H23NO4S/c1-4-14-9-10(2)11-5-6-15-7-8-16(3,12)13/h10-11H,4-9H2,1-3H3. The third-order valence-corrected chi connectivity index (χ3v) is 2.82. The zero-order chi connectivity index (χ0) is 12.4. The molecule has 0 bridgehead atoms. The van der Waals surface area contributed by atoms with E-state index in [9.17, 15) is 8.42 Å². The van der Waals surface area contributed by atoms with Gasteiger partial charge < -0.3 is 14.8 Å². The van der Waals surface area contributed by atoms with Crippen molar-refractivity contribution in [3.8, 4) is 0 Å². The second-order valence-corrected chi connectivity index (χ2v) is 6.02. The average Bonchev–Trinajstić information content (AvgIpc) is 2.18. The van der Waals surface area contributed by atoms with Crippen LogP contribution in [0.4, 0.5) is 0 Å². The fourth-order valence-electron chi connectivity index (χ4n) is 1.04. The highest BCUT2D eigenvalue weighted by Crippen LogP contribution is 1.86. The molecule has 0 fully saturated rings. The van der Waals surface area contributed by atoms with Crippen molar-refractivity contribution < 1.29 is 17.9 Å². The van der Waals surface area contributed by atoms with E-state index in [4.69, 9.17) is 9.47 Å². The predicted octanol–water partition coefficient (Wildman–Crippen LogP) is 0.0622. The Kier molecular flexibility index (Phi) is 8.83. The van der Waals surface area contributed by atoms with Crippen LogP contribution >= 0.6 is 0 Å². The molecule has 0 rings (SSSR count). The first-order chi connectivity index (χ1) is 7.45. The maximum absolute atomic E-state index is 10.8. The third kappa shape index (κ3) is 11.9. The maximum atomic E-state index is 10.8. The molecule has 98 valence electrons. The summed E-state index contributed by atoms with van der Waals surface area (Å²) >= 11 is 0. The molecule has 0 saturated heterocycles. The van der Waals surface area contributed by atoms with E-state index in [0.717, 1.165) is 6.61 Å². The summed E-state index contributed by atoms with van der Waals surface area (Å²) in [7, 11) is -2.91. The van der Waals surface area contributed by atoms with E-state index in [1.165, 1.54) is 6.26 Å². The zero-order valence-corrected chi connectivity index (χ0v) is 11.2. The Morgan fingerprint density at radius 3 is 2.50 bits per heavy atom. The molecule has 0 aliphatic heterocycles. The van der Waals surface area contributed by atoms with Gasteiger partial charge >= 0.3 is 0 Å². The fraction of sp³-hybridized carbons (Fsp3) is 1.00. The Labute approximate surface area is 98.4 Å². The Morgan fingerprint density at radius 1 is 1.25 bits per heavy atom. The monoisotopic (exact) mass is 253 g/mol. The van der Waals surface area contributed by atoms with E-state index in [-0.39, 0.29) is 12.4 Å². The van der Waals surface area contributed by atoms with E-state index in [1.807, 2.05) is 13.8 Å². The van der Waals surface area contributed by atoms with Crippen molar-refractivity contribution in [2.45, 2.75) is 19.9 Å². The van der Waals surface area contributed by atoms with Crippen molar-refractivity contribution >= 4 is 9.84 Å². The van der Waals surface area contributed by atoms with Crippen LogP contribution in [0.5, 0.6) is 0 Å². The molecule has 0 aliphatic carbocycles. The SMILES string of the molecule is CCOCC(C)NCCOCCS(C)(=O)=O. The molecule has 1 atom stereocenters. The Hall–Kier alpha value is -0.170. The van der Waals surface area contributed by atoms with Crippen molar-refractivity contribution in [1.82, 2.24) is 5.32 Å². The van der Waals surface area contributed by atoms with Crippen molar-refractivity contribution in [2.24, 2.45) is 0 Å². The van der Waals surface area contributed by atoms with Gasteiger partial charge in [-0.15, -0.1) is 0 Å². The summed E-state index contributed by atoms with van der Waals surface area (Å²) in [5.74, 6) is 0.0848. The lowest BCUT2D eigenvalue weighted by molar-refractivity contribution is 0.116. The third-order valence-electron chi connectivity index (χ3n) is 1.91. The molecule has 0 aromatic carbocycles.